The molecule has 1 saturated heterocycles. The fraction of sp³-hybridized carbons (Fsp3) is 0.385. The van der Waals surface area contributed by atoms with Crippen LogP contribution >= 0.6 is 0 Å². The van der Waals surface area contributed by atoms with Crippen molar-refractivity contribution in [2.75, 3.05) is 31.2 Å². The van der Waals surface area contributed by atoms with Gasteiger partial charge in [0.25, 0.3) is 0 Å². The molecule has 94 valence electrons. The van der Waals surface area contributed by atoms with E-state index in [9.17, 15) is 4.79 Å². The Hall–Kier alpha value is -1.88. The van der Waals surface area contributed by atoms with E-state index < -0.39 is 0 Å². The zero-order valence-electron chi connectivity index (χ0n) is 10.3. The molecule has 1 aliphatic heterocycles. The summed E-state index contributed by atoms with van der Waals surface area (Å²) in [6, 6.07) is 4.03. The van der Waals surface area contributed by atoms with Crippen LogP contribution in [-0.2, 0) is 4.74 Å². The number of rotatable bonds is 2. The molecule has 0 aliphatic carbocycles. The van der Waals surface area contributed by atoms with E-state index in [1.54, 1.807) is 13.1 Å². The number of imidazole rings is 1. The van der Waals surface area contributed by atoms with E-state index in [0.717, 1.165) is 37.6 Å². The van der Waals surface area contributed by atoms with Crippen LogP contribution in [0.1, 0.15) is 17.4 Å². The highest BCUT2D eigenvalue weighted by molar-refractivity contribution is 5.93. The van der Waals surface area contributed by atoms with E-state index in [0.29, 0.717) is 5.69 Å². The fourth-order valence-corrected chi connectivity index (χ4v) is 2.25. The van der Waals surface area contributed by atoms with Crippen LogP contribution in [0.3, 0.4) is 0 Å². The van der Waals surface area contributed by atoms with Crippen molar-refractivity contribution in [3.63, 3.8) is 0 Å². The van der Waals surface area contributed by atoms with Gasteiger partial charge in [0, 0.05) is 38.0 Å². The van der Waals surface area contributed by atoms with Crippen molar-refractivity contribution in [1.29, 1.82) is 0 Å². The Kier molecular flexibility index (Phi) is 2.76. The van der Waals surface area contributed by atoms with Gasteiger partial charge in [0.1, 0.15) is 11.3 Å². The van der Waals surface area contributed by atoms with E-state index in [1.165, 1.54) is 0 Å². The van der Waals surface area contributed by atoms with Crippen molar-refractivity contribution in [3.05, 3.63) is 30.2 Å². The Bertz CT molecular complexity index is 585. The van der Waals surface area contributed by atoms with Gasteiger partial charge in [0.05, 0.1) is 19.4 Å². The molecule has 0 amide bonds. The van der Waals surface area contributed by atoms with E-state index in [4.69, 9.17) is 4.74 Å². The monoisotopic (exact) mass is 245 g/mol. The number of ketones is 1. The quantitative estimate of drug-likeness (QED) is 0.750. The summed E-state index contributed by atoms with van der Waals surface area (Å²) in [6.07, 6.45) is 3.53. The highest BCUT2D eigenvalue weighted by Crippen LogP contribution is 2.18. The number of nitrogens with zero attached hydrogens (tertiary/aromatic N) is 3. The lowest BCUT2D eigenvalue weighted by Gasteiger charge is -2.28. The molecule has 18 heavy (non-hydrogen) atoms. The Morgan fingerprint density at radius 1 is 1.39 bits per heavy atom. The van der Waals surface area contributed by atoms with Crippen LogP contribution in [0.25, 0.3) is 5.65 Å². The van der Waals surface area contributed by atoms with E-state index >= 15 is 0 Å². The summed E-state index contributed by atoms with van der Waals surface area (Å²) in [5.74, 6) is 0.0293. The number of carbonyl (C=O) groups is 1. The molecule has 2 aromatic heterocycles. The number of aromatic nitrogens is 2. The fourth-order valence-electron chi connectivity index (χ4n) is 2.25. The average molecular weight is 245 g/mol. The van der Waals surface area contributed by atoms with Gasteiger partial charge in [0.2, 0.25) is 0 Å². The molecule has 0 aromatic carbocycles. The average Bonchev–Trinajstić information content (AvgIpc) is 2.82. The minimum absolute atomic E-state index is 0.0293. The Morgan fingerprint density at radius 2 is 2.17 bits per heavy atom. The van der Waals surface area contributed by atoms with Crippen LogP contribution in [0.2, 0.25) is 0 Å². The summed E-state index contributed by atoms with van der Waals surface area (Å²) in [6.45, 7) is 4.88. The first-order chi connectivity index (χ1) is 8.75. The highest BCUT2D eigenvalue weighted by Gasteiger charge is 2.13. The van der Waals surface area contributed by atoms with Gasteiger partial charge in [0.15, 0.2) is 5.78 Å². The molecule has 0 spiro atoms. The topological polar surface area (TPSA) is 46.8 Å². The predicted molar refractivity (Wildman–Crippen MR) is 68.2 cm³/mol. The van der Waals surface area contributed by atoms with Gasteiger partial charge >= 0.3 is 0 Å². The number of ether oxygens (including phenoxy) is 1. The Labute approximate surface area is 105 Å². The van der Waals surface area contributed by atoms with Gasteiger partial charge in [-0.2, -0.15) is 0 Å². The molecule has 3 rings (SSSR count). The standard InChI is InChI=1S/C13H15N3O2/c1-10(17)12-9-14-13-8-11(2-3-16(12)13)15-4-6-18-7-5-15/h2-3,8-9H,4-7H2,1H3. The first-order valence-corrected chi connectivity index (χ1v) is 6.06. The van der Waals surface area contributed by atoms with Crippen molar-refractivity contribution in [1.82, 2.24) is 9.38 Å². The lowest BCUT2D eigenvalue weighted by Crippen LogP contribution is -2.36. The van der Waals surface area contributed by atoms with Gasteiger partial charge in [-0.15, -0.1) is 0 Å². The highest BCUT2D eigenvalue weighted by atomic mass is 16.5. The molecule has 0 unspecified atom stereocenters. The number of Topliss-reactive ketones (excluding diaryl/α,β-unsaturated/α-hetero) is 1. The number of hydrogen-bond acceptors (Lipinski definition) is 4. The number of pyridine rings is 1. The summed E-state index contributed by atoms with van der Waals surface area (Å²) in [5, 5.41) is 0. The van der Waals surface area contributed by atoms with E-state index in [2.05, 4.69) is 9.88 Å². The van der Waals surface area contributed by atoms with Crippen LogP contribution in [-0.4, -0.2) is 41.5 Å². The molecule has 0 N–H and O–H groups in total. The van der Waals surface area contributed by atoms with Crippen LogP contribution < -0.4 is 4.90 Å². The van der Waals surface area contributed by atoms with Crippen molar-refractivity contribution in [3.8, 4) is 0 Å². The molecule has 0 atom stereocenters. The molecular formula is C13H15N3O2. The van der Waals surface area contributed by atoms with Crippen LogP contribution in [0, 0.1) is 0 Å². The van der Waals surface area contributed by atoms with Gasteiger partial charge in [-0.3, -0.25) is 9.20 Å². The number of carbonyl (C=O) groups excluding carboxylic acids is 1. The molecular weight excluding hydrogens is 230 g/mol. The summed E-state index contributed by atoms with van der Waals surface area (Å²) in [4.78, 5) is 18.0. The number of morpholine rings is 1. The lowest BCUT2D eigenvalue weighted by atomic mass is 10.3. The molecule has 5 nitrogen and oxygen atoms in total. The smallest absolute Gasteiger partial charge is 0.178 e. The van der Waals surface area contributed by atoms with Crippen molar-refractivity contribution < 1.29 is 9.53 Å². The van der Waals surface area contributed by atoms with Crippen LogP contribution in [0.15, 0.2) is 24.5 Å². The summed E-state index contributed by atoms with van der Waals surface area (Å²) >= 11 is 0. The molecule has 5 heteroatoms. The van der Waals surface area contributed by atoms with Gasteiger partial charge in [-0.05, 0) is 6.07 Å². The second kappa shape index (κ2) is 4.42. The number of hydrogen-bond donors (Lipinski definition) is 0. The van der Waals surface area contributed by atoms with Crippen LogP contribution in [0.5, 0.6) is 0 Å². The van der Waals surface area contributed by atoms with Crippen molar-refractivity contribution in [2.24, 2.45) is 0 Å². The molecule has 3 heterocycles. The first-order valence-electron chi connectivity index (χ1n) is 6.06. The maximum atomic E-state index is 11.4. The third kappa shape index (κ3) is 1.86. The Morgan fingerprint density at radius 3 is 2.89 bits per heavy atom. The lowest BCUT2D eigenvalue weighted by molar-refractivity contribution is 0.101. The minimum Gasteiger partial charge on any atom is -0.378 e. The zero-order valence-corrected chi connectivity index (χ0v) is 10.3. The first kappa shape index (κ1) is 11.2. The number of anilines is 1. The van der Waals surface area contributed by atoms with E-state index in [1.807, 2.05) is 22.7 Å². The normalized spacial score (nSPS) is 16.2. The van der Waals surface area contributed by atoms with Crippen LogP contribution in [0.4, 0.5) is 5.69 Å². The van der Waals surface area contributed by atoms with Crippen molar-refractivity contribution >= 4 is 17.1 Å². The summed E-state index contributed by atoms with van der Waals surface area (Å²) in [5.41, 5.74) is 2.56. The molecule has 1 aliphatic rings. The SMILES string of the molecule is CC(=O)c1cnc2cc(N3CCOCC3)ccn12. The largest absolute Gasteiger partial charge is 0.378 e. The third-order valence-electron chi connectivity index (χ3n) is 3.23. The predicted octanol–water partition coefficient (Wildman–Crippen LogP) is 1.37. The zero-order chi connectivity index (χ0) is 12.5. The van der Waals surface area contributed by atoms with E-state index in [-0.39, 0.29) is 5.78 Å². The maximum absolute atomic E-state index is 11.4. The third-order valence-corrected chi connectivity index (χ3v) is 3.23. The Balaban J connectivity index is 1.98. The van der Waals surface area contributed by atoms with Gasteiger partial charge in [-0.1, -0.05) is 0 Å². The minimum atomic E-state index is 0.0293. The molecule has 0 saturated carbocycles. The summed E-state index contributed by atoms with van der Waals surface area (Å²) in [7, 11) is 0. The van der Waals surface area contributed by atoms with Gasteiger partial charge < -0.3 is 9.64 Å². The second-order valence-corrected chi connectivity index (χ2v) is 4.41. The molecule has 2 aromatic rings. The molecule has 0 bridgehead atoms. The second-order valence-electron chi connectivity index (χ2n) is 4.41. The molecule has 0 radical (unpaired) electrons. The number of fused-ring (bicyclic) bond motifs is 1. The van der Waals surface area contributed by atoms with Crippen molar-refractivity contribution in [2.45, 2.75) is 6.92 Å². The molecule has 1 fully saturated rings. The summed E-state index contributed by atoms with van der Waals surface area (Å²) < 4.78 is 7.16. The van der Waals surface area contributed by atoms with Gasteiger partial charge in [-0.25, -0.2) is 4.98 Å². The maximum Gasteiger partial charge on any atom is 0.178 e.